The first-order chi connectivity index (χ1) is 12.2. The summed E-state index contributed by atoms with van der Waals surface area (Å²) < 4.78 is 5.08. The first-order valence-corrected chi connectivity index (χ1v) is 8.84. The van der Waals surface area contributed by atoms with Gasteiger partial charge in [0.15, 0.2) is 11.8 Å². The Labute approximate surface area is 172 Å². The number of hydrogen-bond donors (Lipinski definition) is 2. The predicted molar refractivity (Wildman–Crippen MR) is 116 cm³/mol. The van der Waals surface area contributed by atoms with Gasteiger partial charge in [-0.1, -0.05) is 23.4 Å². The molecule has 0 saturated heterocycles. The zero-order chi connectivity index (χ0) is 17.9. The summed E-state index contributed by atoms with van der Waals surface area (Å²) in [6.45, 7) is 10.0. The zero-order valence-corrected chi connectivity index (χ0v) is 18.1. The summed E-state index contributed by atoms with van der Waals surface area (Å²) in [6, 6.07) is 10.5. The minimum atomic E-state index is 0. The highest BCUT2D eigenvalue weighted by atomic mass is 127. The van der Waals surface area contributed by atoms with Crippen LogP contribution in [0.5, 0.6) is 0 Å². The van der Waals surface area contributed by atoms with E-state index in [1.807, 2.05) is 13.0 Å². The number of rotatable bonds is 9. The van der Waals surface area contributed by atoms with Crippen molar-refractivity contribution < 1.29 is 4.52 Å². The molecule has 2 aromatic rings. The van der Waals surface area contributed by atoms with Crippen molar-refractivity contribution in [1.29, 1.82) is 0 Å². The lowest BCUT2D eigenvalue weighted by Gasteiger charge is -2.23. The van der Waals surface area contributed by atoms with Gasteiger partial charge in [0.2, 0.25) is 5.89 Å². The molecular formula is C18H29IN6O. The monoisotopic (exact) mass is 472 g/mol. The molecule has 8 heteroatoms. The number of nitrogens with one attached hydrogen (secondary N) is 2. The van der Waals surface area contributed by atoms with Gasteiger partial charge in [0.05, 0.1) is 0 Å². The lowest BCUT2D eigenvalue weighted by Crippen LogP contribution is -2.38. The third-order valence-electron chi connectivity index (χ3n) is 3.69. The summed E-state index contributed by atoms with van der Waals surface area (Å²) in [5.74, 6) is 1.92. The molecule has 0 aliphatic heterocycles. The van der Waals surface area contributed by atoms with Gasteiger partial charge in [-0.15, -0.1) is 24.0 Å². The van der Waals surface area contributed by atoms with E-state index in [0.717, 1.165) is 38.6 Å². The molecule has 0 amide bonds. The third kappa shape index (κ3) is 7.59. The van der Waals surface area contributed by atoms with Gasteiger partial charge in [0.1, 0.15) is 6.54 Å². The normalized spacial score (nSPS) is 11.0. The fraction of sp³-hybridized carbons (Fsp3) is 0.500. The van der Waals surface area contributed by atoms with Crippen molar-refractivity contribution >= 4 is 35.6 Å². The highest BCUT2D eigenvalue weighted by molar-refractivity contribution is 14.0. The average Bonchev–Trinajstić information content (AvgIpc) is 3.05. The lowest BCUT2D eigenvalue weighted by atomic mass is 10.2. The molecule has 2 N–H and O–H groups in total. The van der Waals surface area contributed by atoms with Crippen molar-refractivity contribution in [2.24, 2.45) is 4.99 Å². The molecule has 26 heavy (non-hydrogen) atoms. The highest BCUT2D eigenvalue weighted by Crippen LogP contribution is 2.12. The van der Waals surface area contributed by atoms with Gasteiger partial charge in [-0.05, 0) is 39.3 Å². The Bertz CT molecular complexity index is 646. The van der Waals surface area contributed by atoms with E-state index in [9.17, 15) is 0 Å². The summed E-state index contributed by atoms with van der Waals surface area (Å²) in [5, 5.41) is 10.4. The van der Waals surface area contributed by atoms with E-state index >= 15 is 0 Å². The van der Waals surface area contributed by atoms with Crippen molar-refractivity contribution in [1.82, 2.24) is 20.8 Å². The van der Waals surface area contributed by atoms with Gasteiger partial charge in [0.25, 0.3) is 0 Å². The third-order valence-corrected chi connectivity index (χ3v) is 3.69. The Hall–Kier alpha value is -1.84. The molecule has 1 aromatic heterocycles. The Morgan fingerprint density at radius 3 is 2.58 bits per heavy atom. The van der Waals surface area contributed by atoms with E-state index in [4.69, 9.17) is 4.52 Å². The van der Waals surface area contributed by atoms with Crippen molar-refractivity contribution in [3.8, 4) is 0 Å². The molecule has 144 valence electrons. The molecule has 7 nitrogen and oxygen atoms in total. The van der Waals surface area contributed by atoms with Crippen molar-refractivity contribution in [2.75, 3.05) is 31.1 Å². The van der Waals surface area contributed by atoms with Gasteiger partial charge in [0, 0.05) is 31.9 Å². The Kier molecular flexibility index (Phi) is 10.7. The van der Waals surface area contributed by atoms with Crippen LogP contribution in [0.15, 0.2) is 39.8 Å². The molecular weight excluding hydrogens is 443 g/mol. The largest absolute Gasteiger partial charge is 0.372 e. The van der Waals surface area contributed by atoms with Crippen LogP contribution < -0.4 is 15.5 Å². The molecule has 0 aliphatic carbocycles. The molecule has 0 unspecified atom stereocenters. The van der Waals surface area contributed by atoms with E-state index in [2.05, 4.69) is 61.9 Å². The summed E-state index contributed by atoms with van der Waals surface area (Å²) in [4.78, 5) is 11.0. The lowest BCUT2D eigenvalue weighted by molar-refractivity contribution is 0.376. The number of halogens is 1. The standard InChI is InChI=1S/C18H28N6O.HI/c1-4-19-18(21-14-17-22-15(3)23-25-17)20-12-9-13-24(5-2)16-10-7-6-8-11-16;/h6-8,10-11H,4-5,9,12-14H2,1-3H3,(H2,19,20,21);1H. The van der Waals surface area contributed by atoms with Gasteiger partial charge in [-0.2, -0.15) is 4.98 Å². The number of aryl methyl sites for hydroxylation is 1. The molecule has 0 atom stereocenters. The van der Waals surface area contributed by atoms with Gasteiger partial charge in [-0.3, -0.25) is 0 Å². The van der Waals surface area contributed by atoms with Crippen LogP contribution in [0.25, 0.3) is 0 Å². The van der Waals surface area contributed by atoms with Crippen molar-refractivity contribution in [3.63, 3.8) is 0 Å². The van der Waals surface area contributed by atoms with E-state index in [1.165, 1.54) is 5.69 Å². The Balaban J connectivity index is 0.00000338. The number of hydrogen-bond acceptors (Lipinski definition) is 5. The van der Waals surface area contributed by atoms with Crippen molar-refractivity contribution in [3.05, 3.63) is 42.0 Å². The van der Waals surface area contributed by atoms with Gasteiger partial charge >= 0.3 is 0 Å². The maximum absolute atomic E-state index is 5.08. The molecule has 2 rings (SSSR count). The average molecular weight is 472 g/mol. The maximum Gasteiger partial charge on any atom is 0.248 e. The summed E-state index contributed by atoms with van der Waals surface area (Å²) in [6.07, 6.45) is 1.02. The molecule has 1 aromatic carbocycles. The molecule has 0 saturated carbocycles. The molecule has 1 heterocycles. The second-order valence-corrected chi connectivity index (χ2v) is 5.63. The zero-order valence-electron chi connectivity index (χ0n) is 15.7. The van der Waals surface area contributed by atoms with Crippen LogP contribution in [-0.4, -0.2) is 42.3 Å². The van der Waals surface area contributed by atoms with Crippen LogP contribution in [0.2, 0.25) is 0 Å². The number of para-hydroxylation sites is 1. The van der Waals surface area contributed by atoms with E-state index < -0.39 is 0 Å². The smallest absolute Gasteiger partial charge is 0.248 e. The number of aliphatic imine (C=N–C) groups is 1. The number of aromatic nitrogens is 2. The number of guanidine groups is 1. The number of anilines is 1. The predicted octanol–water partition coefficient (Wildman–Crippen LogP) is 2.97. The topological polar surface area (TPSA) is 78.6 Å². The van der Waals surface area contributed by atoms with E-state index in [-0.39, 0.29) is 24.0 Å². The molecule has 0 fully saturated rings. The van der Waals surface area contributed by atoms with Crippen LogP contribution in [0.1, 0.15) is 32.0 Å². The number of nitrogens with zero attached hydrogens (tertiary/aromatic N) is 4. The SMILES string of the molecule is CCNC(=NCc1nc(C)no1)NCCCN(CC)c1ccccc1.I. The molecule has 0 radical (unpaired) electrons. The second-order valence-electron chi connectivity index (χ2n) is 5.63. The van der Waals surface area contributed by atoms with Crippen LogP contribution in [0, 0.1) is 6.92 Å². The molecule has 0 spiro atoms. The second kappa shape index (κ2) is 12.5. The fourth-order valence-electron chi connectivity index (χ4n) is 2.48. The maximum atomic E-state index is 5.08. The van der Waals surface area contributed by atoms with Crippen LogP contribution in [-0.2, 0) is 6.54 Å². The Morgan fingerprint density at radius 2 is 1.96 bits per heavy atom. The first kappa shape index (κ1) is 22.2. The summed E-state index contributed by atoms with van der Waals surface area (Å²) in [5.41, 5.74) is 1.26. The summed E-state index contributed by atoms with van der Waals surface area (Å²) in [7, 11) is 0. The van der Waals surface area contributed by atoms with Crippen molar-refractivity contribution in [2.45, 2.75) is 33.7 Å². The highest BCUT2D eigenvalue weighted by Gasteiger charge is 2.05. The van der Waals surface area contributed by atoms with E-state index in [0.29, 0.717) is 18.3 Å². The first-order valence-electron chi connectivity index (χ1n) is 8.84. The molecule has 0 aliphatic rings. The van der Waals surface area contributed by atoms with Crippen LogP contribution in [0.4, 0.5) is 5.69 Å². The minimum absolute atomic E-state index is 0. The minimum Gasteiger partial charge on any atom is -0.372 e. The van der Waals surface area contributed by atoms with Crippen LogP contribution >= 0.6 is 24.0 Å². The summed E-state index contributed by atoms with van der Waals surface area (Å²) >= 11 is 0. The van der Waals surface area contributed by atoms with Gasteiger partial charge < -0.3 is 20.1 Å². The van der Waals surface area contributed by atoms with Gasteiger partial charge in [-0.25, -0.2) is 4.99 Å². The Morgan fingerprint density at radius 1 is 1.19 bits per heavy atom. The van der Waals surface area contributed by atoms with E-state index in [1.54, 1.807) is 6.92 Å². The quantitative estimate of drug-likeness (QED) is 0.253. The van der Waals surface area contributed by atoms with Crippen LogP contribution in [0.3, 0.4) is 0 Å². The fourth-order valence-corrected chi connectivity index (χ4v) is 2.48. The molecule has 0 bridgehead atoms. The number of benzene rings is 1.